The number of aromatic nitrogens is 2. The van der Waals surface area contributed by atoms with Crippen molar-refractivity contribution in [2.24, 2.45) is 0 Å². The molecule has 1 fully saturated rings. The molecular weight excluding hydrogens is 374 g/mol. The van der Waals surface area contributed by atoms with Gasteiger partial charge >= 0.3 is 6.03 Å². The van der Waals surface area contributed by atoms with E-state index < -0.39 is 0 Å². The first-order valence-corrected chi connectivity index (χ1v) is 9.69. The van der Waals surface area contributed by atoms with Crippen molar-refractivity contribution in [3.8, 4) is 0 Å². The number of carbonyl (C=O) groups excluding carboxylic acids is 1. The van der Waals surface area contributed by atoms with Crippen LogP contribution in [0.1, 0.15) is 17.8 Å². The molecule has 144 valence electrons. The fourth-order valence-corrected chi connectivity index (χ4v) is 3.98. The van der Waals surface area contributed by atoms with Crippen molar-refractivity contribution >= 4 is 39.9 Å². The first kappa shape index (κ1) is 18.5. The fraction of sp³-hybridized carbons (Fsp3) is 0.286. The van der Waals surface area contributed by atoms with Gasteiger partial charge in [-0.05, 0) is 44.5 Å². The summed E-state index contributed by atoms with van der Waals surface area (Å²) in [6, 6.07) is 11.3. The number of amides is 2. The van der Waals surface area contributed by atoms with E-state index in [2.05, 4.69) is 25.5 Å². The maximum Gasteiger partial charge on any atom is 0.319 e. The number of nitrogens with one attached hydrogen (secondary N) is 2. The number of anilines is 2. The van der Waals surface area contributed by atoms with E-state index in [1.54, 1.807) is 6.20 Å². The molecule has 0 radical (unpaired) electrons. The Morgan fingerprint density at radius 2 is 2.07 bits per heavy atom. The minimum Gasteiger partial charge on any atom is -0.353 e. The highest BCUT2D eigenvalue weighted by Crippen LogP contribution is 2.27. The molecule has 1 atom stereocenters. The molecule has 0 bridgehead atoms. The van der Waals surface area contributed by atoms with Gasteiger partial charge in [0.25, 0.3) is 0 Å². The molecule has 7 heteroatoms. The first-order chi connectivity index (χ1) is 13.5. The number of pyridine rings is 2. The van der Waals surface area contributed by atoms with E-state index >= 15 is 0 Å². The van der Waals surface area contributed by atoms with Gasteiger partial charge in [-0.25, -0.2) is 9.78 Å². The molecule has 0 spiro atoms. The molecule has 3 heterocycles. The molecule has 1 unspecified atom stereocenters. The van der Waals surface area contributed by atoms with Gasteiger partial charge < -0.3 is 15.5 Å². The van der Waals surface area contributed by atoms with Crippen LogP contribution in [-0.2, 0) is 0 Å². The van der Waals surface area contributed by atoms with Crippen LogP contribution < -0.4 is 15.5 Å². The number of benzene rings is 1. The van der Waals surface area contributed by atoms with Crippen molar-refractivity contribution in [3.63, 3.8) is 0 Å². The Labute approximate surface area is 168 Å². The highest BCUT2D eigenvalue weighted by atomic mass is 35.5. The normalized spacial score (nSPS) is 16.4. The van der Waals surface area contributed by atoms with Crippen LogP contribution in [0.3, 0.4) is 0 Å². The maximum atomic E-state index is 12.6. The van der Waals surface area contributed by atoms with Crippen LogP contribution in [0.5, 0.6) is 0 Å². The first-order valence-electron chi connectivity index (χ1n) is 9.31. The molecule has 2 amide bonds. The number of carbonyl (C=O) groups is 1. The average Bonchev–Trinajstić information content (AvgIpc) is 3.11. The Hall–Kier alpha value is -2.86. The van der Waals surface area contributed by atoms with Gasteiger partial charge in [0.1, 0.15) is 5.82 Å². The highest BCUT2D eigenvalue weighted by Gasteiger charge is 2.26. The predicted octanol–water partition coefficient (Wildman–Crippen LogP) is 4.30. The monoisotopic (exact) mass is 395 g/mol. The quantitative estimate of drug-likeness (QED) is 0.693. The van der Waals surface area contributed by atoms with E-state index in [0.717, 1.165) is 46.6 Å². The van der Waals surface area contributed by atoms with Crippen LogP contribution >= 0.6 is 11.6 Å². The van der Waals surface area contributed by atoms with Crippen molar-refractivity contribution in [1.29, 1.82) is 0 Å². The lowest BCUT2D eigenvalue weighted by Crippen LogP contribution is -2.39. The number of urea groups is 1. The lowest BCUT2D eigenvalue weighted by molar-refractivity contribution is 0.249. The van der Waals surface area contributed by atoms with Gasteiger partial charge in [0.15, 0.2) is 0 Å². The second-order valence-corrected chi connectivity index (χ2v) is 7.50. The van der Waals surface area contributed by atoms with Crippen LogP contribution in [-0.4, -0.2) is 35.1 Å². The van der Waals surface area contributed by atoms with Gasteiger partial charge in [-0.15, -0.1) is 0 Å². The summed E-state index contributed by atoms with van der Waals surface area (Å²) >= 11 is 6.24. The third-order valence-corrected chi connectivity index (χ3v) is 5.30. The zero-order chi connectivity index (χ0) is 19.7. The lowest BCUT2D eigenvalue weighted by atomic mass is 10.1. The summed E-state index contributed by atoms with van der Waals surface area (Å²) in [7, 11) is 0. The molecule has 6 nitrogen and oxygen atoms in total. The van der Waals surface area contributed by atoms with Gasteiger partial charge in [-0.2, -0.15) is 0 Å². The Morgan fingerprint density at radius 3 is 2.89 bits per heavy atom. The molecule has 3 aromatic rings. The molecule has 1 aliphatic heterocycles. The molecule has 0 aliphatic carbocycles. The van der Waals surface area contributed by atoms with Crippen molar-refractivity contribution in [3.05, 3.63) is 59.0 Å². The summed E-state index contributed by atoms with van der Waals surface area (Å²) in [6.07, 6.45) is 2.58. The zero-order valence-electron chi connectivity index (χ0n) is 15.9. The second-order valence-electron chi connectivity index (χ2n) is 7.09. The van der Waals surface area contributed by atoms with E-state index in [1.165, 1.54) is 0 Å². The molecular formula is C21H22ClN5O. The smallest absolute Gasteiger partial charge is 0.319 e. The van der Waals surface area contributed by atoms with Crippen molar-refractivity contribution in [1.82, 2.24) is 15.3 Å². The van der Waals surface area contributed by atoms with Crippen molar-refractivity contribution < 1.29 is 4.79 Å². The Kier molecular flexibility index (Phi) is 5.05. The number of fused-ring (bicyclic) bond motifs is 1. The molecule has 1 aromatic carbocycles. The van der Waals surface area contributed by atoms with Crippen LogP contribution in [0.4, 0.5) is 16.3 Å². The summed E-state index contributed by atoms with van der Waals surface area (Å²) in [5.74, 6) is 0.765. The minimum absolute atomic E-state index is 0.0400. The Bertz CT molecular complexity index is 1040. The third kappa shape index (κ3) is 3.73. The Morgan fingerprint density at radius 1 is 1.21 bits per heavy atom. The minimum atomic E-state index is -0.210. The standard InChI is InChI=1S/C21H22ClN5O/c1-13-11-17-16(14(2)24-13)5-3-7-19(17)26-21(28)25-15-8-10-27(12-15)20-18(22)6-4-9-23-20/h3-7,9,11,15H,8,10,12H2,1-2H3,(H2,25,26,28). The van der Waals surface area contributed by atoms with Crippen LogP contribution in [0, 0.1) is 13.8 Å². The topological polar surface area (TPSA) is 70.2 Å². The van der Waals surface area contributed by atoms with Crippen molar-refractivity contribution in [2.75, 3.05) is 23.3 Å². The van der Waals surface area contributed by atoms with Crippen LogP contribution in [0.25, 0.3) is 10.8 Å². The molecule has 1 aliphatic rings. The van der Waals surface area contributed by atoms with Gasteiger partial charge in [-0.3, -0.25) is 4.98 Å². The molecule has 0 saturated carbocycles. The number of halogens is 1. The summed E-state index contributed by atoms with van der Waals surface area (Å²) in [6.45, 7) is 5.43. The molecule has 28 heavy (non-hydrogen) atoms. The second kappa shape index (κ2) is 7.64. The largest absolute Gasteiger partial charge is 0.353 e. The summed E-state index contributed by atoms with van der Waals surface area (Å²) in [5.41, 5.74) is 2.67. The van der Waals surface area contributed by atoms with Gasteiger partial charge in [0.2, 0.25) is 0 Å². The summed E-state index contributed by atoms with van der Waals surface area (Å²) in [5, 5.41) is 8.72. The highest BCUT2D eigenvalue weighted by molar-refractivity contribution is 6.32. The maximum absolute atomic E-state index is 12.6. The number of hydrogen-bond acceptors (Lipinski definition) is 4. The molecule has 4 rings (SSSR count). The number of nitrogens with zero attached hydrogens (tertiary/aromatic N) is 3. The van der Waals surface area contributed by atoms with Gasteiger partial charge in [0.05, 0.1) is 10.7 Å². The van der Waals surface area contributed by atoms with Crippen molar-refractivity contribution in [2.45, 2.75) is 26.3 Å². The number of rotatable bonds is 3. The van der Waals surface area contributed by atoms with E-state index in [0.29, 0.717) is 11.6 Å². The summed E-state index contributed by atoms with van der Waals surface area (Å²) in [4.78, 5) is 23.5. The fourth-order valence-electron chi connectivity index (χ4n) is 3.74. The molecule has 2 N–H and O–H groups in total. The van der Waals surface area contributed by atoms with Crippen LogP contribution in [0.2, 0.25) is 5.02 Å². The lowest BCUT2D eigenvalue weighted by Gasteiger charge is -2.19. The van der Waals surface area contributed by atoms with Gasteiger partial charge in [0, 0.05) is 47.5 Å². The van der Waals surface area contributed by atoms with E-state index in [1.807, 2.05) is 50.2 Å². The van der Waals surface area contributed by atoms with Gasteiger partial charge in [-0.1, -0.05) is 23.7 Å². The number of hydrogen-bond donors (Lipinski definition) is 2. The average molecular weight is 396 g/mol. The predicted molar refractivity (Wildman–Crippen MR) is 113 cm³/mol. The SMILES string of the molecule is Cc1cc2c(NC(=O)NC3CCN(c4ncccc4Cl)C3)cccc2c(C)n1. The van der Waals surface area contributed by atoms with E-state index in [4.69, 9.17) is 11.6 Å². The summed E-state index contributed by atoms with van der Waals surface area (Å²) < 4.78 is 0. The third-order valence-electron chi connectivity index (χ3n) is 5.00. The molecule has 2 aromatic heterocycles. The Balaban J connectivity index is 1.45. The van der Waals surface area contributed by atoms with E-state index in [9.17, 15) is 4.79 Å². The number of aryl methyl sites for hydroxylation is 2. The van der Waals surface area contributed by atoms with E-state index in [-0.39, 0.29) is 12.1 Å². The van der Waals surface area contributed by atoms with Crippen LogP contribution in [0.15, 0.2) is 42.6 Å². The molecule has 1 saturated heterocycles. The zero-order valence-corrected chi connectivity index (χ0v) is 16.6.